The van der Waals surface area contributed by atoms with Crippen LogP contribution >= 0.6 is 0 Å². The van der Waals surface area contributed by atoms with Crippen molar-refractivity contribution in [3.8, 4) is 0 Å². The highest BCUT2D eigenvalue weighted by molar-refractivity contribution is 6.08. The first-order valence-corrected chi connectivity index (χ1v) is 9.05. The highest BCUT2D eigenvalue weighted by Crippen LogP contribution is 2.39. The number of nitrogens with zero attached hydrogens (tertiary/aromatic N) is 2. The van der Waals surface area contributed by atoms with Crippen LogP contribution < -0.4 is 10.6 Å². The summed E-state index contributed by atoms with van der Waals surface area (Å²) in [6.45, 7) is 3.68. The van der Waals surface area contributed by atoms with E-state index < -0.39 is 5.54 Å². The monoisotopic (exact) mass is 336 g/mol. The maximum atomic E-state index is 12.9. The average molecular weight is 336 g/mol. The molecule has 3 aliphatic rings. The molecule has 0 aromatic rings. The van der Waals surface area contributed by atoms with Gasteiger partial charge in [-0.3, -0.25) is 14.5 Å². The number of nitrogens with one attached hydrogen (secondary N) is 2. The third-order valence-electron chi connectivity index (χ3n) is 5.92. The Kier molecular flexibility index (Phi) is 4.80. The van der Waals surface area contributed by atoms with E-state index in [1.165, 1.54) is 0 Å². The number of carbonyl (C=O) groups is 3. The largest absolute Gasteiger partial charge is 0.351 e. The SMILES string of the molecule is CC1CNCCC1NC(=O)CN1C(=O)N(C)C2(CCCCC2)C1=O. The molecule has 3 rings (SSSR count). The van der Waals surface area contributed by atoms with Gasteiger partial charge in [0.15, 0.2) is 0 Å². The maximum absolute atomic E-state index is 12.9. The predicted molar refractivity (Wildman–Crippen MR) is 89.3 cm³/mol. The standard InChI is InChI=1S/C17H28N4O3/c1-12-10-18-9-6-13(12)19-14(22)11-21-15(23)17(20(2)16(21)24)7-4-3-5-8-17/h12-13,18H,3-11H2,1-2H3,(H,19,22). The Morgan fingerprint density at radius 1 is 1.29 bits per heavy atom. The van der Waals surface area contributed by atoms with Crippen LogP contribution in [-0.4, -0.2) is 65.9 Å². The molecule has 7 heteroatoms. The van der Waals surface area contributed by atoms with E-state index in [1.807, 2.05) is 0 Å². The second-order valence-corrected chi connectivity index (χ2v) is 7.47. The van der Waals surface area contributed by atoms with Gasteiger partial charge in [-0.1, -0.05) is 26.2 Å². The Morgan fingerprint density at radius 3 is 2.67 bits per heavy atom. The molecule has 24 heavy (non-hydrogen) atoms. The lowest BCUT2D eigenvalue weighted by atomic mass is 9.81. The first-order chi connectivity index (χ1) is 11.5. The summed E-state index contributed by atoms with van der Waals surface area (Å²) in [6.07, 6.45) is 5.30. The maximum Gasteiger partial charge on any atom is 0.327 e. The third-order valence-corrected chi connectivity index (χ3v) is 5.92. The number of hydrogen-bond acceptors (Lipinski definition) is 4. The minimum absolute atomic E-state index is 0.105. The van der Waals surface area contributed by atoms with Crippen LogP contribution in [0, 0.1) is 5.92 Å². The van der Waals surface area contributed by atoms with Crippen LogP contribution in [0.2, 0.25) is 0 Å². The van der Waals surface area contributed by atoms with E-state index >= 15 is 0 Å². The van der Waals surface area contributed by atoms with Crippen molar-refractivity contribution in [1.29, 1.82) is 0 Å². The second kappa shape index (κ2) is 6.70. The molecule has 2 aliphatic heterocycles. The Morgan fingerprint density at radius 2 is 2.00 bits per heavy atom. The number of rotatable bonds is 3. The molecule has 4 amide bonds. The van der Waals surface area contributed by atoms with Crippen molar-refractivity contribution in [3.05, 3.63) is 0 Å². The van der Waals surface area contributed by atoms with Gasteiger partial charge in [-0.15, -0.1) is 0 Å². The van der Waals surface area contributed by atoms with E-state index in [2.05, 4.69) is 17.6 Å². The summed E-state index contributed by atoms with van der Waals surface area (Å²) in [6, 6.07) is -0.233. The van der Waals surface area contributed by atoms with Crippen LogP contribution in [0.15, 0.2) is 0 Å². The summed E-state index contributed by atoms with van der Waals surface area (Å²) in [4.78, 5) is 40.5. The lowest BCUT2D eigenvalue weighted by Crippen LogP contribution is -2.52. The zero-order valence-electron chi connectivity index (χ0n) is 14.6. The zero-order chi connectivity index (χ0) is 17.3. The molecular formula is C17H28N4O3. The first kappa shape index (κ1) is 17.2. The van der Waals surface area contributed by atoms with Gasteiger partial charge in [0.1, 0.15) is 12.1 Å². The van der Waals surface area contributed by atoms with Crippen molar-refractivity contribution < 1.29 is 14.4 Å². The molecule has 3 fully saturated rings. The van der Waals surface area contributed by atoms with E-state index in [0.717, 1.165) is 43.7 Å². The summed E-state index contributed by atoms with van der Waals surface area (Å²) < 4.78 is 0. The fraction of sp³-hybridized carbons (Fsp3) is 0.824. The second-order valence-electron chi connectivity index (χ2n) is 7.47. The minimum atomic E-state index is -0.711. The zero-order valence-corrected chi connectivity index (χ0v) is 14.6. The summed E-state index contributed by atoms with van der Waals surface area (Å²) in [5.74, 6) is -0.0834. The van der Waals surface area contributed by atoms with Crippen LogP contribution in [0.5, 0.6) is 0 Å². The molecule has 7 nitrogen and oxygen atoms in total. The fourth-order valence-corrected chi connectivity index (χ4v) is 4.30. The van der Waals surface area contributed by atoms with Gasteiger partial charge in [0.2, 0.25) is 5.91 Å². The number of piperidine rings is 1. The Labute approximate surface area is 143 Å². The van der Waals surface area contributed by atoms with Crippen molar-refractivity contribution in [3.63, 3.8) is 0 Å². The molecule has 2 N–H and O–H groups in total. The first-order valence-electron chi connectivity index (χ1n) is 9.05. The number of urea groups is 1. The Bertz CT molecular complexity index is 530. The lowest BCUT2D eigenvalue weighted by molar-refractivity contribution is -0.137. The van der Waals surface area contributed by atoms with Gasteiger partial charge in [-0.05, 0) is 38.3 Å². The summed E-state index contributed by atoms with van der Waals surface area (Å²) in [7, 11) is 1.69. The molecule has 1 spiro atoms. The fourth-order valence-electron chi connectivity index (χ4n) is 4.30. The lowest BCUT2D eigenvalue weighted by Gasteiger charge is -2.35. The van der Waals surface area contributed by atoms with E-state index in [0.29, 0.717) is 18.8 Å². The predicted octanol–water partition coefficient (Wildman–Crippen LogP) is 0.698. The van der Waals surface area contributed by atoms with E-state index in [4.69, 9.17) is 0 Å². The smallest absolute Gasteiger partial charge is 0.327 e. The molecule has 2 atom stereocenters. The van der Waals surface area contributed by atoms with Gasteiger partial charge in [0.05, 0.1) is 0 Å². The van der Waals surface area contributed by atoms with Crippen LogP contribution in [0.1, 0.15) is 45.4 Å². The van der Waals surface area contributed by atoms with Crippen molar-refractivity contribution in [2.45, 2.75) is 57.0 Å². The highest BCUT2D eigenvalue weighted by atomic mass is 16.2. The van der Waals surface area contributed by atoms with Gasteiger partial charge in [0.25, 0.3) is 5.91 Å². The Hall–Kier alpha value is -1.63. The molecular weight excluding hydrogens is 308 g/mol. The van der Waals surface area contributed by atoms with Crippen LogP contribution in [0.3, 0.4) is 0 Å². The van der Waals surface area contributed by atoms with Gasteiger partial charge >= 0.3 is 6.03 Å². The number of imide groups is 1. The average Bonchev–Trinajstić information content (AvgIpc) is 2.74. The summed E-state index contributed by atoms with van der Waals surface area (Å²) in [5, 5.41) is 6.29. The molecule has 2 unspecified atom stereocenters. The van der Waals surface area contributed by atoms with Gasteiger partial charge in [-0.25, -0.2) is 4.79 Å². The number of likely N-dealkylation sites (N-methyl/N-ethyl adjacent to an activating group) is 1. The van der Waals surface area contributed by atoms with Crippen molar-refractivity contribution in [2.75, 3.05) is 26.7 Å². The molecule has 2 heterocycles. The van der Waals surface area contributed by atoms with Crippen molar-refractivity contribution >= 4 is 17.8 Å². The number of hydrogen-bond donors (Lipinski definition) is 2. The van der Waals surface area contributed by atoms with Crippen LogP contribution in [0.25, 0.3) is 0 Å². The molecule has 0 aromatic heterocycles. The van der Waals surface area contributed by atoms with Crippen LogP contribution in [-0.2, 0) is 9.59 Å². The van der Waals surface area contributed by atoms with Gasteiger partial charge in [0, 0.05) is 13.1 Å². The highest BCUT2D eigenvalue weighted by Gasteiger charge is 2.55. The molecule has 0 aromatic carbocycles. The third kappa shape index (κ3) is 2.90. The molecule has 0 radical (unpaired) electrons. The minimum Gasteiger partial charge on any atom is -0.351 e. The molecule has 0 bridgehead atoms. The molecule has 1 saturated carbocycles. The topological polar surface area (TPSA) is 81.8 Å². The molecule has 2 saturated heterocycles. The van der Waals surface area contributed by atoms with E-state index in [1.54, 1.807) is 11.9 Å². The summed E-state index contributed by atoms with van der Waals surface area (Å²) in [5.41, 5.74) is -0.711. The number of amides is 4. The van der Waals surface area contributed by atoms with Crippen molar-refractivity contribution in [1.82, 2.24) is 20.4 Å². The summed E-state index contributed by atoms with van der Waals surface area (Å²) >= 11 is 0. The number of carbonyl (C=O) groups excluding carboxylic acids is 3. The van der Waals surface area contributed by atoms with Crippen molar-refractivity contribution in [2.24, 2.45) is 5.92 Å². The Balaban J connectivity index is 1.65. The van der Waals surface area contributed by atoms with E-state index in [9.17, 15) is 14.4 Å². The molecule has 134 valence electrons. The van der Waals surface area contributed by atoms with Crippen LogP contribution in [0.4, 0.5) is 4.79 Å². The quantitative estimate of drug-likeness (QED) is 0.743. The van der Waals surface area contributed by atoms with Gasteiger partial charge in [-0.2, -0.15) is 0 Å². The normalized spacial score (nSPS) is 30.1. The molecule has 1 aliphatic carbocycles. The van der Waals surface area contributed by atoms with Gasteiger partial charge < -0.3 is 15.5 Å². The van der Waals surface area contributed by atoms with E-state index in [-0.39, 0.29) is 30.4 Å².